The van der Waals surface area contributed by atoms with E-state index in [9.17, 15) is 4.79 Å². The van der Waals surface area contributed by atoms with Gasteiger partial charge in [-0.05, 0) is 49.3 Å². The lowest BCUT2D eigenvalue weighted by molar-refractivity contribution is 0.285. The number of nitrogens with two attached hydrogens (primary N) is 1. The number of hydrogen-bond acceptors (Lipinski definition) is 5. The molecule has 2 radical (unpaired) electrons. The average molecular weight is 529 g/mol. The minimum atomic E-state index is -0.611. The minimum Gasteiger partial charge on any atom is -0.357 e. The van der Waals surface area contributed by atoms with Crippen molar-refractivity contribution in [2.75, 3.05) is 11.2 Å². The lowest BCUT2D eigenvalue weighted by Crippen LogP contribution is -2.40. The van der Waals surface area contributed by atoms with Crippen molar-refractivity contribution in [2.24, 2.45) is 5.41 Å². The normalized spacial score (nSPS) is 21.2. The summed E-state index contributed by atoms with van der Waals surface area (Å²) in [5.41, 5.74) is 0.579. The number of nitrogen functional groups attached to an aromatic ring is 1. The molecule has 2 heterocycles. The number of fused-ring (bicyclic) bond motifs is 1. The molecule has 0 saturated heterocycles. The molecule has 0 spiro atoms. The number of halogens is 2. The van der Waals surface area contributed by atoms with Crippen molar-refractivity contribution in [3.8, 4) is 11.1 Å². The molecule has 1 fully saturated rings. The van der Waals surface area contributed by atoms with Crippen molar-refractivity contribution >= 4 is 52.4 Å². The Labute approximate surface area is 208 Å². The first-order valence-electron chi connectivity index (χ1n) is 11.3. The van der Waals surface area contributed by atoms with Gasteiger partial charge in [0.2, 0.25) is 5.95 Å². The van der Waals surface area contributed by atoms with E-state index >= 15 is 0 Å². The molecule has 3 aromatic rings. The van der Waals surface area contributed by atoms with E-state index in [0.717, 1.165) is 41.3 Å². The summed E-state index contributed by atoms with van der Waals surface area (Å²) in [5, 5.41) is 4.44. The van der Waals surface area contributed by atoms with E-state index in [0.29, 0.717) is 33.1 Å². The Kier molecular flexibility index (Phi) is 6.79. The summed E-state index contributed by atoms with van der Waals surface area (Å²) >= 11 is 9.76. The van der Waals surface area contributed by atoms with Gasteiger partial charge in [-0.2, -0.15) is 4.98 Å². The fourth-order valence-corrected chi connectivity index (χ4v) is 5.24. The molecule has 0 amide bonds. The summed E-state index contributed by atoms with van der Waals surface area (Å²) in [6, 6.07) is 7.07. The minimum absolute atomic E-state index is 0.253. The van der Waals surface area contributed by atoms with Gasteiger partial charge in [0.25, 0.3) is 5.56 Å². The summed E-state index contributed by atoms with van der Waals surface area (Å²) in [6.07, 6.45) is 8.96. The fraction of sp³-hybridized carbons (Fsp3) is 0.458. The highest BCUT2D eigenvalue weighted by atomic mass is 79.9. The maximum absolute atomic E-state index is 13.0. The summed E-state index contributed by atoms with van der Waals surface area (Å²) in [5.74, 6) is 6.55. The molecule has 9 heteroatoms. The number of hydrogen-bond donors (Lipinski definition) is 2. The predicted molar refractivity (Wildman–Crippen MR) is 140 cm³/mol. The summed E-state index contributed by atoms with van der Waals surface area (Å²) in [7, 11) is 6.78. The second kappa shape index (κ2) is 9.30. The molecule has 1 aliphatic carbocycles. The van der Waals surface area contributed by atoms with Crippen LogP contribution in [0.3, 0.4) is 0 Å². The molecular formula is C24H28BBrClN5O. The number of benzene rings is 1. The van der Waals surface area contributed by atoms with Crippen molar-refractivity contribution in [1.82, 2.24) is 14.6 Å². The molecule has 1 aromatic carbocycles. The third kappa shape index (κ3) is 5.38. The topological polar surface area (TPSA) is 85.8 Å². The molecule has 1 atom stereocenters. The molecule has 2 aromatic heterocycles. The molecule has 1 aliphatic rings. The van der Waals surface area contributed by atoms with Crippen molar-refractivity contribution in [3.63, 3.8) is 0 Å². The summed E-state index contributed by atoms with van der Waals surface area (Å²) in [6.45, 7) is 4.60. The summed E-state index contributed by atoms with van der Waals surface area (Å²) in [4.78, 5) is 22.1. The van der Waals surface area contributed by atoms with Gasteiger partial charge in [-0.1, -0.05) is 66.7 Å². The van der Waals surface area contributed by atoms with E-state index in [1.165, 1.54) is 12.8 Å². The van der Waals surface area contributed by atoms with Crippen LogP contribution >= 0.6 is 27.5 Å². The molecule has 4 rings (SSSR count). The van der Waals surface area contributed by atoms with E-state index in [4.69, 9.17) is 25.3 Å². The Hall–Kier alpha value is -2.06. The van der Waals surface area contributed by atoms with Gasteiger partial charge in [0.1, 0.15) is 7.85 Å². The Morgan fingerprint density at radius 3 is 2.64 bits per heavy atom. The first-order chi connectivity index (χ1) is 15.6. The van der Waals surface area contributed by atoms with Gasteiger partial charge in [-0.3, -0.25) is 4.79 Å². The third-order valence-electron chi connectivity index (χ3n) is 6.58. The van der Waals surface area contributed by atoms with Gasteiger partial charge < -0.3 is 11.2 Å². The zero-order valence-corrected chi connectivity index (χ0v) is 21.3. The lowest BCUT2D eigenvalue weighted by Gasteiger charge is -2.34. The van der Waals surface area contributed by atoms with Crippen molar-refractivity contribution in [2.45, 2.75) is 64.2 Å². The molecule has 6 nitrogen and oxygen atoms in total. The standard InChI is InChI=1S/C24H28BBrClN5O/c1-23(2)8-4-3-5-9-24(25,11-10-23)31-22-29-14-15-12-18(21(33)32(28)20(15)30-22)17-7-6-16(26)13-19(17)27/h6-7,12-14H,3-5,8-11,28H2,1-2H3,(H,29,30,31). The van der Waals surface area contributed by atoms with Crippen LogP contribution in [0.1, 0.15) is 58.8 Å². The highest BCUT2D eigenvalue weighted by molar-refractivity contribution is 9.10. The molecule has 3 N–H and O–H groups in total. The SMILES string of the molecule is [B]C1(Nc2ncc3cc(-c4ccc(Br)cc4Cl)c(=O)n(N)c3n2)CCCCCC(C)(C)CC1. The Bertz CT molecular complexity index is 1250. The highest BCUT2D eigenvalue weighted by Gasteiger charge is 2.29. The first kappa shape index (κ1) is 24.1. The fourth-order valence-electron chi connectivity index (χ4n) is 4.46. The van der Waals surface area contributed by atoms with E-state index in [2.05, 4.69) is 45.1 Å². The zero-order chi connectivity index (χ0) is 23.8. The van der Waals surface area contributed by atoms with E-state index in [1.54, 1.807) is 24.4 Å². The molecule has 33 heavy (non-hydrogen) atoms. The largest absolute Gasteiger partial charge is 0.357 e. The second-order valence-corrected chi connectivity index (χ2v) is 11.2. The Balaban J connectivity index is 1.68. The third-order valence-corrected chi connectivity index (χ3v) is 7.39. The average Bonchev–Trinajstić information content (AvgIpc) is 2.81. The van der Waals surface area contributed by atoms with Crippen LogP contribution in [0, 0.1) is 5.41 Å². The number of aromatic nitrogens is 3. The zero-order valence-electron chi connectivity index (χ0n) is 19.0. The van der Waals surface area contributed by atoms with Gasteiger partial charge >= 0.3 is 0 Å². The van der Waals surface area contributed by atoms with Crippen molar-refractivity contribution < 1.29 is 0 Å². The van der Waals surface area contributed by atoms with E-state index in [-0.39, 0.29) is 11.0 Å². The number of pyridine rings is 1. The Morgan fingerprint density at radius 2 is 1.88 bits per heavy atom. The predicted octanol–water partition coefficient (Wildman–Crippen LogP) is 5.64. The van der Waals surface area contributed by atoms with Gasteiger partial charge in [0, 0.05) is 32.1 Å². The summed E-state index contributed by atoms with van der Waals surface area (Å²) < 4.78 is 1.87. The van der Waals surface area contributed by atoms with Crippen LogP contribution < -0.4 is 16.7 Å². The molecule has 172 valence electrons. The van der Waals surface area contributed by atoms with Crippen LogP contribution in [-0.4, -0.2) is 27.9 Å². The maximum atomic E-state index is 13.0. The van der Waals surface area contributed by atoms with Crippen LogP contribution in [0.5, 0.6) is 0 Å². The molecular weight excluding hydrogens is 500 g/mol. The molecule has 0 aliphatic heterocycles. The number of anilines is 1. The Morgan fingerprint density at radius 1 is 1.12 bits per heavy atom. The molecule has 0 bridgehead atoms. The number of nitrogens with one attached hydrogen (secondary N) is 1. The first-order valence-corrected chi connectivity index (χ1v) is 12.4. The van der Waals surface area contributed by atoms with Crippen LogP contribution in [0.4, 0.5) is 5.95 Å². The van der Waals surface area contributed by atoms with E-state index in [1.807, 2.05) is 6.07 Å². The number of nitrogens with zero attached hydrogens (tertiary/aromatic N) is 3. The smallest absolute Gasteiger partial charge is 0.278 e. The van der Waals surface area contributed by atoms with Crippen molar-refractivity contribution in [1.29, 1.82) is 0 Å². The highest BCUT2D eigenvalue weighted by Crippen LogP contribution is 2.36. The van der Waals surface area contributed by atoms with Crippen LogP contribution in [0.2, 0.25) is 5.02 Å². The quantitative estimate of drug-likeness (QED) is 0.340. The van der Waals surface area contributed by atoms with E-state index < -0.39 is 5.44 Å². The van der Waals surface area contributed by atoms with Crippen LogP contribution in [0.25, 0.3) is 22.2 Å². The number of rotatable bonds is 3. The second-order valence-electron chi connectivity index (χ2n) is 9.84. The van der Waals surface area contributed by atoms with Gasteiger partial charge in [-0.15, -0.1) is 0 Å². The van der Waals surface area contributed by atoms with Crippen molar-refractivity contribution in [3.05, 3.63) is 50.3 Å². The van der Waals surface area contributed by atoms with Crippen LogP contribution in [-0.2, 0) is 0 Å². The molecule has 1 unspecified atom stereocenters. The van der Waals surface area contributed by atoms with Gasteiger partial charge in [0.15, 0.2) is 5.65 Å². The maximum Gasteiger partial charge on any atom is 0.278 e. The van der Waals surface area contributed by atoms with Gasteiger partial charge in [0.05, 0.1) is 5.56 Å². The van der Waals surface area contributed by atoms with Crippen LogP contribution in [0.15, 0.2) is 39.7 Å². The van der Waals surface area contributed by atoms with Gasteiger partial charge in [-0.25, -0.2) is 9.66 Å². The lowest BCUT2D eigenvalue weighted by atomic mass is 9.68. The molecule has 1 saturated carbocycles. The monoisotopic (exact) mass is 527 g/mol.